The summed E-state index contributed by atoms with van der Waals surface area (Å²) in [5.41, 5.74) is 0.640. The monoisotopic (exact) mass is 327 g/mol. The largest absolute Gasteiger partial charge is 0.321 e. The maximum absolute atomic E-state index is 12.2. The molecule has 1 aromatic heterocycles. The molecule has 0 aliphatic rings. The number of carbonyl (C=O) groups excluding carboxylic acids is 1. The van der Waals surface area contributed by atoms with E-state index in [-0.39, 0.29) is 11.3 Å². The Morgan fingerprint density at radius 1 is 1.10 bits per heavy atom. The molecule has 0 saturated heterocycles. The summed E-state index contributed by atoms with van der Waals surface area (Å²) in [6.07, 6.45) is 0. The van der Waals surface area contributed by atoms with Gasteiger partial charge in [0.15, 0.2) is 0 Å². The number of rotatable bonds is 2. The maximum Gasteiger partial charge on any atom is 0.265 e. The molecule has 0 radical (unpaired) electrons. The molecular weight excluding hydrogens is 313 g/mol. The zero-order valence-corrected chi connectivity index (χ0v) is 13.8. The van der Waals surface area contributed by atoms with Gasteiger partial charge in [-0.3, -0.25) is 4.79 Å². The van der Waals surface area contributed by atoms with Crippen LogP contribution in [0.3, 0.4) is 0 Å². The summed E-state index contributed by atoms with van der Waals surface area (Å²) in [6.45, 7) is 6.37. The quantitative estimate of drug-likeness (QED) is 0.763. The van der Waals surface area contributed by atoms with Gasteiger partial charge in [-0.1, -0.05) is 44.0 Å². The molecule has 106 valence electrons. The lowest BCUT2D eigenvalue weighted by atomic mass is 9.95. The second kappa shape index (κ2) is 5.76. The highest BCUT2D eigenvalue weighted by Gasteiger charge is 2.18. The van der Waals surface area contributed by atoms with Crippen LogP contribution in [-0.4, -0.2) is 5.91 Å². The first-order valence-electron chi connectivity index (χ1n) is 6.13. The molecule has 0 spiro atoms. The molecule has 0 aliphatic carbocycles. The van der Waals surface area contributed by atoms with Crippen LogP contribution in [0, 0.1) is 0 Å². The molecule has 0 bridgehead atoms. The molecule has 1 N–H and O–H groups in total. The first-order valence-corrected chi connectivity index (χ1v) is 7.71. The van der Waals surface area contributed by atoms with Crippen molar-refractivity contribution in [2.45, 2.75) is 26.2 Å². The van der Waals surface area contributed by atoms with Gasteiger partial charge in [0, 0.05) is 20.6 Å². The third-order valence-corrected chi connectivity index (χ3v) is 4.64. The highest BCUT2D eigenvalue weighted by Crippen LogP contribution is 2.30. The summed E-state index contributed by atoms with van der Waals surface area (Å²) in [5.74, 6) is -0.149. The summed E-state index contributed by atoms with van der Waals surface area (Å²) in [4.78, 5) is 14.0. The van der Waals surface area contributed by atoms with Gasteiger partial charge in [-0.05, 0) is 35.7 Å². The zero-order chi connectivity index (χ0) is 14.9. The third-order valence-electron chi connectivity index (χ3n) is 2.69. The van der Waals surface area contributed by atoms with Crippen molar-refractivity contribution in [2.24, 2.45) is 0 Å². The normalized spacial score (nSPS) is 11.4. The van der Waals surface area contributed by atoms with E-state index >= 15 is 0 Å². The molecular formula is C15H15Cl2NOS. The molecule has 2 aromatic rings. The fraction of sp³-hybridized carbons (Fsp3) is 0.267. The SMILES string of the molecule is CC(C)(C)c1ccc(C(=O)Nc2cc(Cl)cc(Cl)c2)s1. The van der Waals surface area contributed by atoms with E-state index in [9.17, 15) is 4.79 Å². The Labute approximate surface area is 132 Å². The average molecular weight is 328 g/mol. The van der Waals surface area contributed by atoms with Crippen molar-refractivity contribution in [3.63, 3.8) is 0 Å². The number of anilines is 1. The van der Waals surface area contributed by atoms with Gasteiger partial charge in [-0.2, -0.15) is 0 Å². The molecule has 2 nitrogen and oxygen atoms in total. The molecule has 0 saturated carbocycles. The lowest BCUT2D eigenvalue weighted by molar-refractivity contribution is 0.103. The fourth-order valence-electron chi connectivity index (χ4n) is 1.68. The smallest absolute Gasteiger partial charge is 0.265 e. The number of halogens is 2. The van der Waals surface area contributed by atoms with Crippen LogP contribution in [0.5, 0.6) is 0 Å². The highest BCUT2D eigenvalue weighted by atomic mass is 35.5. The number of amides is 1. The van der Waals surface area contributed by atoms with Crippen molar-refractivity contribution in [1.82, 2.24) is 0 Å². The van der Waals surface area contributed by atoms with Gasteiger partial charge in [0.05, 0.1) is 4.88 Å². The first kappa shape index (κ1) is 15.4. The molecule has 1 aromatic carbocycles. The first-order chi connectivity index (χ1) is 9.25. The maximum atomic E-state index is 12.2. The Kier molecular flexibility index (Phi) is 4.43. The number of carbonyl (C=O) groups is 1. The topological polar surface area (TPSA) is 29.1 Å². The molecule has 1 heterocycles. The summed E-state index contributed by atoms with van der Waals surface area (Å²) in [6, 6.07) is 8.80. The van der Waals surface area contributed by atoms with Gasteiger partial charge >= 0.3 is 0 Å². The van der Waals surface area contributed by atoms with Crippen LogP contribution in [0.4, 0.5) is 5.69 Å². The predicted molar refractivity (Wildman–Crippen MR) is 87.4 cm³/mol. The van der Waals surface area contributed by atoms with Gasteiger partial charge in [0.25, 0.3) is 5.91 Å². The van der Waals surface area contributed by atoms with Crippen LogP contribution in [0.25, 0.3) is 0 Å². The van der Waals surface area contributed by atoms with Gasteiger partial charge in [-0.25, -0.2) is 0 Å². The van der Waals surface area contributed by atoms with Gasteiger partial charge in [0.2, 0.25) is 0 Å². The van der Waals surface area contributed by atoms with Crippen molar-refractivity contribution in [2.75, 3.05) is 5.32 Å². The van der Waals surface area contributed by atoms with Crippen LogP contribution >= 0.6 is 34.5 Å². The lowest BCUT2D eigenvalue weighted by Gasteiger charge is -2.15. The minimum atomic E-state index is -0.149. The zero-order valence-electron chi connectivity index (χ0n) is 11.5. The summed E-state index contributed by atoms with van der Waals surface area (Å²) < 4.78 is 0. The minimum absolute atomic E-state index is 0.0442. The standard InChI is InChI=1S/C15H15Cl2NOS/c1-15(2,3)13-5-4-12(20-13)14(19)18-11-7-9(16)6-10(17)8-11/h4-8H,1-3H3,(H,18,19). The van der Waals surface area contributed by atoms with E-state index < -0.39 is 0 Å². The molecule has 0 aliphatic heterocycles. The third kappa shape index (κ3) is 3.75. The highest BCUT2D eigenvalue weighted by molar-refractivity contribution is 7.14. The Bertz CT molecular complexity index is 623. The van der Waals surface area contributed by atoms with Crippen molar-refractivity contribution < 1.29 is 4.79 Å². The van der Waals surface area contributed by atoms with Gasteiger partial charge in [-0.15, -0.1) is 11.3 Å². The second-order valence-electron chi connectivity index (χ2n) is 5.53. The number of hydrogen-bond donors (Lipinski definition) is 1. The Balaban J connectivity index is 2.18. The van der Waals surface area contributed by atoms with E-state index in [1.807, 2.05) is 12.1 Å². The number of thiophene rings is 1. The van der Waals surface area contributed by atoms with Crippen LogP contribution in [-0.2, 0) is 5.41 Å². The van der Waals surface area contributed by atoms with E-state index in [1.165, 1.54) is 16.2 Å². The Morgan fingerprint density at radius 2 is 1.70 bits per heavy atom. The van der Waals surface area contributed by atoms with E-state index in [1.54, 1.807) is 18.2 Å². The number of benzene rings is 1. The van der Waals surface area contributed by atoms with Gasteiger partial charge in [0.1, 0.15) is 0 Å². The summed E-state index contributed by atoms with van der Waals surface area (Å²) in [7, 11) is 0. The average Bonchev–Trinajstić information content (AvgIpc) is 2.75. The van der Waals surface area contributed by atoms with Gasteiger partial charge < -0.3 is 5.32 Å². The van der Waals surface area contributed by atoms with E-state index in [4.69, 9.17) is 23.2 Å². The Hall–Kier alpha value is -1.03. The van der Waals surface area contributed by atoms with Crippen molar-refractivity contribution in [1.29, 1.82) is 0 Å². The van der Waals surface area contributed by atoms with E-state index in [2.05, 4.69) is 26.1 Å². The number of nitrogens with one attached hydrogen (secondary N) is 1. The van der Waals surface area contributed by atoms with Crippen molar-refractivity contribution in [3.8, 4) is 0 Å². The molecule has 0 unspecified atom stereocenters. The van der Waals surface area contributed by atoms with Crippen LogP contribution in [0.15, 0.2) is 30.3 Å². The van der Waals surface area contributed by atoms with Crippen LogP contribution in [0.1, 0.15) is 35.3 Å². The molecule has 1 amide bonds. The van der Waals surface area contributed by atoms with Crippen molar-refractivity contribution in [3.05, 3.63) is 50.1 Å². The lowest BCUT2D eigenvalue weighted by Crippen LogP contribution is -2.10. The minimum Gasteiger partial charge on any atom is -0.321 e. The summed E-state index contributed by atoms with van der Waals surface area (Å²) >= 11 is 13.3. The molecule has 20 heavy (non-hydrogen) atoms. The molecule has 2 rings (SSSR count). The summed E-state index contributed by atoms with van der Waals surface area (Å²) in [5, 5.41) is 3.80. The second-order valence-corrected chi connectivity index (χ2v) is 7.48. The van der Waals surface area contributed by atoms with Crippen LogP contribution < -0.4 is 5.32 Å². The molecule has 0 fully saturated rings. The van der Waals surface area contributed by atoms with E-state index in [0.29, 0.717) is 20.6 Å². The van der Waals surface area contributed by atoms with E-state index in [0.717, 1.165) is 0 Å². The molecule has 0 atom stereocenters. The van der Waals surface area contributed by atoms with Crippen LogP contribution in [0.2, 0.25) is 10.0 Å². The van der Waals surface area contributed by atoms with Crippen molar-refractivity contribution >= 4 is 46.1 Å². The number of hydrogen-bond acceptors (Lipinski definition) is 2. The predicted octanol–water partition coefficient (Wildman–Crippen LogP) is 5.60. The Morgan fingerprint density at radius 3 is 2.20 bits per heavy atom. The fourth-order valence-corrected chi connectivity index (χ4v) is 3.17. The molecule has 5 heteroatoms.